The first-order chi connectivity index (χ1) is 21.1. The molecule has 1 aromatic rings. The summed E-state index contributed by atoms with van der Waals surface area (Å²) in [6.45, 7) is 8.70. The number of hydrogen-bond acceptors (Lipinski definition) is 10. The molecule has 2 unspecified atom stereocenters. The van der Waals surface area contributed by atoms with Crippen LogP contribution in [0.25, 0.3) is 0 Å². The van der Waals surface area contributed by atoms with Crippen LogP contribution in [0, 0.1) is 0 Å². The van der Waals surface area contributed by atoms with Gasteiger partial charge < -0.3 is 34.4 Å². The number of benzene rings is 1. The van der Waals surface area contributed by atoms with Crippen molar-refractivity contribution in [3.8, 4) is 0 Å². The number of hydrogen-bond donors (Lipinski definition) is 3. The van der Waals surface area contributed by atoms with Crippen LogP contribution < -0.4 is 15.4 Å². The van der Waals surface area contributed by atoms with Gasteiger partial charge in [0.1, 0.15) is 18.2 Å². The Balaban J connectivity index is 1.26. The molecular formula is C29H43N5O9S. The number of fused-ring (bicyclic) bond motifs is 1. The Labute approximate surface area is 260 Å². The molecule has 1 saturated heterocycles. The largest absolute Gasteiger partial charge is 0.444 e. The molecule has 2 atom stereocenters. The van der Waals surface area contributed by atoms with Gasteiger partial charge in [0.25, 0.3) is 11.8 Å². The van der Waals surface area contributed by atoms with Crippen molar-refractivity contribution >= 4 is 47.3 Å². The van der Waals surface area contributed by atoms with Gasteiger partial charge in [0.2, 0.25) is 0 Å². The molecule has 2 heterocycles. The normalized spacial score (nSPS) is 17.2. The number of anilines is 1. The van der Waals surface area contributed by atoms with E-state index in [0.717, 1.165) is 4.90 Å². The molecule has 0 aliphatic carbocycles. The predicted molar refractivity (Wildman–Crippen MR) is 162 cm³/mol. The number of ether oxygens (including phenoxy) is 3. The SMILES string of the molecule is CC(C)(C)OC(=O)NC1CCN(S(=O)NCCOCCOCCNc2cccc3c2C(=O)N(C(C=O)CCC=O)C3=O)CC1. The highest BCUT2D eigenvalue weighted by Gasteiger charge is 2.41. The number of carbonyl (C=O) groups is 5. The van der Waals surface area contributed by atoms with Crippen molar-refractivity contribution in [3.05, 3.63) is 29.3 Å². The molecule has 2 aliphatic heterocycles. The molecule has 0 bridgehead atoms. The maximum absolute atomic E-state index is 13.0. The summed E-state index contributed by atoms with van der Waals surface area (Å²) in [6, 6.07) is 3.86. The second-order valence-electron chi connectivity index (χ2n) is 11.3. The maximum Gasteiger partial charge on any atom is 0.407 e. The van der Waals surface area contributed by atoms with E-state index in [1.165, 1.54) is 6.07 Å². The van der Waals surface area contributed by atoms with Gasteiger partial charge in [0, 0.05) is 44.3 Å². The van der Waals surface area contributed by atoms with Crippen molar-refractivity contribution < 1.29 is 42.4 Å². The summed E-state index contributed by atoms with van der Waals surface area (Å²) in [4.78, 5) is 60.9. The third-order valence-electron chi connectivity index (χ3n) is 6.83. The summed E-state index contributed by atoms with van der Waals surface area (Å²) in [7, 11) is 0. The van der Waals surface area contributed by atoms with E-state index < -0.39 is 40.7 Å². The lowest BCUT2D eigenvalue weighted by Gasteiger charge is -2.31. The van der Waals surface area contributed by atoms with Gasteiger partial charge in [-0.25, -0.2) is 18.0 Å². The van der Waals surface area contributed by atoms with Crippen LogP contribution in [0.2, 0.25) is 0 Å². The van der Waals surface area contributed by atoms with E-state index in [0.29, 0.717) is 83.7 Å². The summed E-state index contributed by atoms with van der Waals surface area (Å²) < 4.78 is 33.7. The molecule has 14 nitrogen and oxygen atoms in total. The Morgan fingerprint density at radius 2 is 1.73 bits per heavy atom. The van der Waals surface area contributed by atoms with Crippen molar-refractivity contribution in [2.24, 2.45) is 0 Å². The van der Waals surface area contributed by atoms with Gasteiger partial charge in [-0.2, -0.15) is 0 Å². The van der Waals surface area contributed by atoms with E-state index >= 15 is 0 Å². The summed E-state index contributed by atoms with van der Waals surface area (Å²) >= 11 is -1.35. The fraction of sp³-hybridized carbons (Fsp3) is 0.621. The quantitative estimate of drug-likeness (QED) is 0.121. The standard InChI is InChI=1S/C29H43N5O9S/c1-29(2,3)43-28(39)32-21-9-13-33(14-10-21)44(40)31-12-17-42-19-18-41-16-11-30-24-8-4-7-23-25(24)27(38)34(26(23)37)22(20-36)6-5-15-35/h4,7-8,15,20-22,30-31H,5-6,9-14,16-19H2,1-3H3,(H,32,39). The molecule has 1 fully saturated rings. The minimum absolute atomic E-state index is 0.0108. The van der Waals surface area contributed by atoms with Crippen LogP contribution in [-0.4, -0.2) is 114 Å². The average Bonchev–Trinajstić information content (AvgIpc) is 3.23. The van der Waals surface area contributed by atoms with Crippen LogP contribution in [0.3, 0.4) is 0 Å². The molecule has 3 rings (SSSR count). The number of aldehydes is 2. The molecular weight excluding hydrogens is 594 g/mol. The van der Waals surface area contributed by atoms with Crippen molar-refractivity contribution in [3.63, 3.8) is 0 Å². The van der Waals surface area contributed by atoms with Crippen molar-refractivity contribution in [1.29, 1.82) is 0 Å². The number of alkyl carbamates (subject to hydrolysis) is 1. The second-order valence-corrected chi connectivity index (χ2v) is 12.6. The number of amides is 3. The molecule has 0 aromatic heterocycles. The Morgan fingerprint density at radius 1 is 1.05 bits per heavy atom. The molecule has 44 heavy (non-hydrogen) atoms. The lowest BCUT2D eigenvalue weighted by Crippen LogP contribution is -2.48. The maximum atomic E-state index is 13.0. The summed E-state index contributed by atoms with van der Waals surface area (Å²) in [5.41, 5.74) is 0.322. The number of piperidine rings is 1. The van der Waals surface area contributed by atoms with Crippen molar-refractivity contribution in [1.82, 2.24) is 19.2 Å². The third kappa shape index (κ3) is 10.4. The summed E-state index contributed by atoms with van der Waals surface area (Å²) in [6.07, 6.45) is 2.23. The van der Waals surface area contributed by atoms with Gasteiger partial charge in [0.05, 0.1) is 43.6 Å². The average molecular weight is 638 g/mol. The number of rotatable bonds is 18. The van der Waals surface area contributed by atoms with Crippen LogP contribution >= 0.6 is 0 Å². The topological polar surface area (TPSA) is 173 Å². The summed E-state index contributed by atoms with van der Waals surface area (Å²) in [5.74, 6) is -1.12. The zero-order chi connectivity index (χ0) is 32.1. The number of carbonyl (C=O) groups excluding carboxylic acids is 5. The van der Waals surface area contributed by atoms with Crippen molar-refractivity contribution in [2.45, 2.75) is 64.1 Å². The first kappa shape index (κ1) is 35.2. The number of imide groups is 1. The molecule has 3 amide bonds. The van der Waals surface area contributed by atoms with E-state index in [-0.39, 0.29) is 30.0 Å². The number of nitrogens with one attached hydrogen (secondary N) is 3. The third-order valence-corrected chi connectivity index (χ3v) is 8.12. The lowest BCUT2D eigenvalue weighted by atomic mass is 10.1. The molecule has 1 aromatic carbocycles. The predicted octanol–water partition coefficient (Wildman–Crippen LogP) is 1.43. The van der Waals surface area contributed by atoms with E-state index in [9.17, 15) is 28.2 Å². The highest BCUT2D eigenvalue weighted by molar-refractivity contribution is 7.80. The minimum Gasteiger partial charge on any atom is -0.444 e. The van der Waals surface area contributed by atoms with Crippen LogP contribution in [0.4, 0.5) is 10.5 Å². The zero-order valence-electron chi connectivity index (χ0n) is 25.5. The molecule has 244 valence electrons. The van der Waals surface area contributed by atoms with Gasteiger partial charge in [-0.3, -0.25) is 14.5 Å². The van der Waals surface area contributed by atoms with Crippen molar-refractivity contribution in [2.75, 3.05) is 57.9 Å². The monoisotopic (exact) mass is 637 g/mol. The van der Waals surface area contributed by atoms with Gasteiger partial charge >= 0.3 is 6.09 Å². The fourth-order valence-electron chi connectivity index (χ4n) is 4.76. The molecule has 0 radical (unpaired) electrons. The van der Waals surface area contributed by atoms with E-state index in [4.69, 9.17) is 14.2 Å². The summed E-state index contributed by atoms with van der Waals surface area (Å²) in [5, 5.41) is 5.97. The van der Waals surface area contributed by atoms with E-state index in [1.807, 2.05) is 25.1 Å². The minimum atomic E-state index is -1.35. The molecule has 15 heteroatoms. The number of nitrogens with zero attached hydrogens (tertiary/aromatic N) is 2. The van der Waals surface area contributed by atoms with Crippen LogP contribution in [-0.2, 0) is 35.0 Å². The molecule has 0 spiro atoms. The Morgan fingerprint density at radius 3 is 2.36 bits per heavy atom. The first-order valence-corrected chi connectivity index (χ1v) is 15.9. The van der Waals surface area contributed by atoms with Crippen LogP contribution in [0.15, 0.2) is 18.2 Å². The Kier molecular flexibility index (Phi) is 13.9. The van der Waals surface area contributed by atoms with Crippen LogP contribution in [0.1, 0.15) is 67.2 Å². The fourth-order valence-corrected chi connectivity index (χ4v) is 5.74. The van der Waals surface area contributed by atoms with Gasteiger partial charge in [-0.15, -0.1) is 0 Å². The van der Waals surface area contributed by atoms with Gasteiger partial charge in [0.15, 0.2) is 11.2 Å². The van der Waals surface area contributed by atoms with Gasteiger partial charge in [-0.05, 0) is 52.2 Å². The Bertz CT molecular complexity index is 1180. The second kappa shape index (κ2) is 17.3. The van der Waals surface area contributed by atoms with Crippen LogP contribution in [0.5, 0.6) is 0 Å². The zero-order valence-corrected chi connectivity index (χ0v) is 26.3. The molecule has 2 aliphatic rings. The van der Waals surface area contributed by atoms with E-state index in [1.54, 1.807) is 12.1 Å². The smallest absolute Gasteiger partial charge is 0.407 e. The molecule has 3 N–H and O–H groups in total. The lowest BCUT2D eigenvalue weighted by molar-refractivity contribution is -0.112. The highest BCUT2D eigenvalue weighted by Crippen LogP contribution is 2.31. The highest BCUT2D eigenvalue weighted by atomic mass is 32.2. The first-order valence-electron chi connectivity index (χ1n) is 14.7. The van der Waals surface area contributed by atoms with E-state index in [2.05, 4.69) is 15.4 Å². The Hall–Kier alpha value is -3.24. The molecule has 0 saturated carbocycles. The van der Waals surface area contributed by atoms with Gasteiger partial charge in [-0.1, -0.05) is 6.07 Å².